The number of hydrogen-bond donors (Lipinski definition) is 1. The van der Waals surface area contributed by atoms with Crippen molar-refractivity contribution in [2.24, 2.45) is 5.11 Å². The van der Waals surface area contributed by atoms with Gasteiger partial charge in [-0.15, -0.1) is 0 Å². The van der Waals surface area contributed by atoms with E-state index in [2.05, 4.69) is 5.11 Å². The number of ether oxygens (including phenoxy) is 2. The first-order valence-corrected chi connectivity index (χ1v) is 9.06. The third-order valence-corrected chi connectivity index (χ3v) is 4.21. The summed E-state index contributed by atoms with van der Waals surface area (Å²) in [5.74, 6) is -1.30. The van der Waals surface area contributed by atoms with Crippen LogP contribution in [0.15, 0.2) is 5.11 Å². The largest absolute Gasteiger partial charge is 0.462 e. The fraction of sp³-hybridized carbons (Fsp3) is 0.833. The highest BCUT2D eigenvalue weighted by Gasteiger charge is 2.42. The molecule has 25 heavy (non-hydrogen) atoms. The van der Waals surface area contributed by atoms with E-state index in [-0.39, 0.29) is 19.4 Å². The van der Waals surface area contributed by atoms with Gasteiger partial charge >= 0.3 is 11.9 Å². The molecule has 0 aromatic carbocycles. The van der Waals surface area contributed by atoms with Crippen molar-refractivity contribution in [3.8, 4) is 0 Å². The van der Waals surface area contributed by atoms with Gasteiger partial charge in [-0.1, -0.05) is 39.5 Å². The van der Waals surface area contributed by atoms with Crippen LogP contribution in [0, 0.1) is 5.53 Å². The Hall–Kier alpha value is -1.79. The van der Waals surface area contributed by atoms with E-state index < -0.39 is 29.4 Å². The van der Waals surface area contributed by atoms with Crippen LogP contribution in [0.5, 0.6) is 0 Å². The van der Waals surface area contributed by atoms with Gasteiger partial charge in [-0.05, 0) is 26.7 Å². The molecule has 1 N–H and O–H groups in total. The summed E-state index contributed by atoms with van der Waals surface area (Å²) in [6.07, 6.45) is 4.62. The molecule has 0 aromatic rings. The number of unbranched alkanes of at least 4 members (excludes halogenated alkanes) is 4. The number of hydrogen-bond acceptors (Lipinski definition) is 7. The maximum Gasteiger partial charge on any atom is 0.306 e. The van der Waals surface area contributed by atoms with Crippen molar-refractivity contribution in [2.75, 3.05) is 6.61 Å². The maximum atomic E-state index is 12.0. The second-order valence-corrected chi connectivity index (χ2v) is 6.39. The van der Waals surface area contributed by atoms with Crippen LogP contribution in [0.4, 0.5) is 0 Å². The van der Waals surface area contributed by atoms with Crippen molar-refractivity contribution in [1.82, 2.24) is 0 Å². The summed E-state index contributed by atoms with van der Waals surface area (Å²) < 4.78 is 10.5. The monoisotopic (exact) mass is 356 g/mol. The lowest BCUT2D eigenvalue weighted by Crippen LogP contribution is -2.49. The lowest BCUT2D eigenvalue weighted by molar-refractivity contribution is -0.165. The number of nitrogens with one attached hydrogen (secondary N) is 1. The van der Waals surface area contributed by atoms with Crippen LogP contribution in [0.2, 0.25) is 0 Å². The second-order valence-electron chi connectivity index (χ2n) is 6.39. The Morgan fingerprint density at radius 3 is 1.96 bits per heavy atom. The minimum atomic E-state index is -1.55. The van der Waals surface area contributed by atoms with E-state index in [1.165, 1.54) is 13.8 Å². The molecule has 0 aromatic heterocycles. The molecule has 0 bridgehead atoms. The van der Waals surface area contributed by atoms with Gasteiger partial charge in [0.2, 0.25) is 0 Å². The quantitative estimate of drug-likeness (QED) is 0.288. The highest BCUT2D eigenvalue weighted by molar-refractivity contribution is 5.87. The summed E-state index contributed by atoms with van der Waals surface area (Å²) in [6, 6.07) is 0. The van der Waals surface area contributed by atoms with E-state index in [4.69, 9.17) is 15.0 Å². The van der Waals surface area contributed by atoms with E-state index in [1.54, 1.807) is 0 Å². The molecule has 0 spiro atoms. The van der Waals surface area contributed by atoms with Crippen LogP contribution in [0.25, 0.3) is 0 Å². The lowest BCUT2D eigenvalue weighted by atomic mass is 9.91. The van der Waals surface area contributed by atoms with Gasteiger partial charge in [-0.3, -0.25) is 14.4 Å². The molecule has 0 aliphatic carbocycles. The van der Waals surface area contributed by atoms with Gasteiger partial charge in [-0.25, -0.2) is 5.53 Å². The number of rotatable bonds is 14. The molecule has 0 rings (SSSR count). The average molecular weight is 356 g/mol. The van der Waals surface area contributed by atoms with Gasteiger partial charge in [0, 0.05) is 12.8 Å². The molecule has 7 nitrogen and oxygen atoms in total. The first kappa shape index (κ1) is 23.2. The predicted octanol–water partition coefficient (Wildman–Crippen LogP) is 3.98. The number of carbonyl (C=O) groups excluding carboxylic acids is 3. The van der Waals surface area contributed by atoms with Crippen LogP contribution in [-0.4, -0.2) is 36.0 Å². The van der Waals surface area contributed by atoms with Crippen molar-refractivity contribution >= 4 is 17.7 Å². The van der Waals surface area contributed by atoms with Crippen LogP contribution < -0.4 is 0 Å². The summed E-state index contributed by atoms with van der Waals surface area (Å²) >= 11 is 0. The Morgan fingerprint density at radius 2 is 1.52 bits per heavy atom. The molecular formula is C18H32N2O5. The molecule has 0 saturated carbocycles. The Labute approximate surface area is 150 Å². The summed E-state index contributed by atoms with van der Waals surface area (Å²) in [7, 11) is 0. The fourth-order valence-corrected chi connectivity index (χ4v) is 2.19. The van der Waals surface area contributed by atoms with Crippen molar-refractivity contribution in [3.63, 3.8) is 0 Å². The lowest BCUT2D eigenvalue weighted by Gasteiger charge is -2.29. The molecule has 0 fully saturated rings. The van der Waals surface area contributed by atoms with Crippen LogP contribution in [-0.2, 0) is 23.9 Å². The van der Waals surface area contributed by atoms with Crippen LogP contribution >= 0.6 is 0 Å². The highest BCUT2D eigenvalue weighted by Crippen LogP contribution is 2.22. The third kappa shape index (κ3) is 8.74. The van der Waals surface area contributed by atoms with Gasteiger partial charge in [0.1, 0.15) is 6.61 Å². The highest BCUT2D eigenvalue weighted by atomic mass is 16.6. The normalized spacial score (nSPS) is 14.2. The first-order chi connectivity index (χ1) is 11.8. The molecule has 0 amide bonds. The van der Waals surface area contributed by atoms with Crippen molar-refractivity contribution in [1.29, 1.82) is 5.53 Å². The minimum Gasteiger partial charge on any atom is -0.462 e. The number of Topliss-reactive ketones (excluding diaryl/α,β-unsaturated/α-hetero) is 1. The molecule has 144 valence electrons. The molecule has 0 aliphatic heterocycles. The van der Waals surface area contributed by atoms with Crippen molar-refractivity contribution in [2.45, 2.75) is 90.7 Å². The van der Waals surface area contributed by atoms with E-state index >= 15 is 0 Å². The summed E-state index contributed by atoms with van der Waals surface area (Å²) in [5.41, 5.74) is 5.77. The van der Waals surface area contributed by atoms with Gasteiger partial charge in [0.15, 0.2) is 17.4 Å². The van der Waals surface area contributed by atoms with Crippen LogP contribution in [0.1, 0.15) is 79.1 Å². The summed E-state index contributed by atoms with van der Waals surface area (Å²) in [5, 5.41) is 3.35. The molecule has 0 saturated heterocycles. The molecule has 0 aliphatic rings. The van der Waals surface area contributed by atoms with E-state index in [1.807, 2.05) is 13.8 Å². The Balaban J connectivity index is 4.84. The van der Waals surface area contributed by atoms with Crippen molar-refractivity contribution in [3.05, 3.63) is 0 Å². The zero-order chi connectivity index (χ0) is 19.3. The van der Waals surface area contributed by atoms with E-state index in [9.17, 15) is 14.4 Å². The number of nitrogens with zero attached hydrogens (tertiary/aromatic N) is 1. The zero-order valence-electron chi connectivity index (χ0n) is 15.9. The van der Waals surface area contributed by atoms with Gasteiger partial charge in [-0.2, -0.15) is 5.11 Å². The molecule has 0 heterocycles. The summed E-state index contributed by atoms with van der Waals surface area (Å²) in [6.45, 7) is 6.48. The molecule has 2 atom stereocenters. The van der Waals surface area contributed by atoms with E-state index in [0.717, 1.165) is 32.1 Å². The SMILES string of the molecule is CCCCCC(=O)OCC(OC(=O)CCCCC)C(C)(N=N)C(C)=O. The zero-order valence-corrected chi connectivity index (χ0v) is 15.9. The Morgan fingerprint density at radius 1 is 1.00 bits per heavy atom. The fourth-order valence-electron chi connectivity index (χ4n) is 2.19. The van der Waals surface area contributed by atoms with E-state index in [0.29, 0.717) is 6.42 Å². The Kier molecular flexibility index (Phi) is 11.7. The summed E-state index contributed by atoms with van der Waals surface area (Å²) in [4.78, 5) is 35.7. The van der Waals surface area contributed by atoms with Crippen LogP contribution in [0.3, 0.4) is 0 Å². The van der Waals surface area contributed by atoms with Gasteiger partial charge in [0.25, 0.3) is 0 Å². The number of ketones is 1. The first-order valence-electron chi connectivity index (χ1n) is 9.06. The standard InChI is InChI=1S/C18H32N2O5/c1-5-7-9-11-16(22)24-13-15(18(4,20-19)14(3)21)25-17(23)12-10-8-6-2/h15,19H,5-13H2,1-4H3. The van der Waals surface area contributed by atoms with Gasteiger partial charge < -0.3 is 9.47 Å². The predicted molar refractivity (Wildman–Crippen MR) is 93.4 cm³/mol. The molecule has 0 radical (unpaired) electrons. The smallest absolute Gasteiger partial charge is 0.306 e. The maximum absolute atomic E-state index is 12.0. The third-order valence-electron chi connectivity index (χ3n) is 4.21. The Bertz CT molecular complexity index is 453. The number of esters is 2. The molecular weight excluding hydrogens is 324 g/mol. The molecule has 7 heteroatoms. The average Bonchev–Trinajstić information content (AvgIpc) is 2.58. The number of carbonyl (C=O) groups is 3. The molecule has 2 unspecified atom stereocenters. The minimum absolute atomic E-state index is 0.223. The second kappa shape index (κ2) is 12.6. The van der Waals surface area contributed by atoms with Gasteiger partial charge in [0.05, 0.1) is 0 Å². The van der Waals surface area contributed by atoms with Crippen molar-refractivity contribution < 1.29 is 23.9 Å². The topological polar surface area (TPSA) is 106 Å².